The van der Waals surface area contributed by atoms with Gasteiger partial charge in [0.2, 0.25) is 5.43 Å². The summed E-state index contributed by atoms with van der Waals surface area (Å²) in [6.07, 6.45) is -3.09. The van der Waals surface area contributed by atoms with Gasteiger partial charge < -0.3 is 9.80 Å². The Balaban J connectivity index is 1.60. The van der Waals surface area contributed by atoms with E-state index in [0.717, 1.165) is 16.8 Å². The number of aromatic nitrogens is 3. The fourth-order valence-electron chi connectivity index (χ4n) is 3.68. The summed E-state index contributed by atoms with van der Waals surface area (Å²) in [5, 5.41) is 4.57. The maximum atomic E-state index is 13.5. The number of carbonyl (C=O) groups excluding carboxylic acids is 1. The van der Waals surface area contributed by atoms with E-state index < -0.39 is 28.8 Å². The molecule has 0 bridgehead atoms. The molecule has 11 heteroatoms. The number of piperazine rings is 1. The van der Waals surface area contributed by atoms with Crippen molar-refractivity contribution in [2.45, 2.75) is 13.1 Å². The van der Waals surface area contributed by atoms with E-state index >= 15 is 0 Å². The van der Waals surface area contributed by atoms with Crippen LogP contribution < -0.4 is 10.3 Å². The smallest absolute Gasteiger partial charge is 0.353 e. The van der Waals surface area contributed by atoms with Crippen LogP contribution in [0.3, 0.4) is 0 Å². The minimum atomic E-state index is -4.62. The Hall–Kier alpha value is -3.40. The number of amides is 1. The van der Waals surface area contributed by atoms with Crippen molar-refractivity contribution in [3.8, 4) is 5.69 Å². The largest absolute Gasteiger partial charge is 0.418 e. The fourth-order valence-corrected chi connectivity index (χ4v) is 3.79. The molecule has 7 nitrogen and oxygen atoms in total. The van der Waals surface area contributed by atoms with Crippen molar-refractivity contribution < 1.29 is 18.0 Å². The summed E-state index contributed by atoms with van der Waals surface area (Å²) in [6.45, 7) is 3.01. The minimum Gasteiger partial charge on any atom is -0.353 e. The van der Waals surface area contributed by atoms with E-state index in [-0.39, 0.29) is 11.4 Å². The molecular formula is C22H19ClF3N5O2. The molecule has 1 aromatic carbocycles. The number of anilines is 1. The third kappa shape index (κ3) is 4.70. The van der Waals surface area contributed by atoms with E-state index in [1.54, 1.807) is 12.1 Å². The molecule has 1 aliphatic heterocycles. The van der Waals surface area contributed by atoms with Crippen LogP contribution in [0.2, 0.25) is 5.02 Å². The van der Waals surface area contributed by atoms with Gasteiger partial charge in [-0.2, -0.15) is 18.3 Å². The van der Waals surface area contributed by atoms with Gasteiger partial charge in [-0.25, -0.2) is 9.67 Å². The first-order valence-electron chi connectivity index (χ1n) is 10.1. The maximum absolute atomic E-state index is 13.5. The molecule has 0 N–H and O–H groups in total. The van der Waals surface area contributed by atoms with Crippen LogP contribution >= 0.6 is 11.6 Å². The molecule has 4 rings (SSSR count). The molecule has 3 aromatic rings. The van der Waals surface area contributed by atoms with E-state index in [9.17, 15) is 22.8 Å². The normalized spacial score (nSPS) is 14.5. The van der Waals surface area contributed by atoms with Gasteiger partial charge in [-0.05, 0) is 31.2 Å². The molecule has 172 valence electrons. The highest BCUT2D eigenvalue weighted by atomic mass is 35.5. The molecule has 33 heavy (non-hydrogen) atoms. The van der Waals surface area contributed by atoms with Crippen LogP contribution in [0, 0.1) is 6.92 Å². The van der Waals surface area contributed by atoms with Gasteiger partial charge in [0.1, 0.15) is 5.82 Å². The number of alkyl halides is 3. The summed E-state index contributed by atoms with van der Waals surface area (Å²) < 4.78 is 41.5. The zero-order chi connectivity index (χ0) is 23.8. The number of hydrogen-bond acceptors (Lipinski definition) is 5. The van der Waals surface area contributed by atoms with Crippen LogP contribution in [0.1, 0.15) is 21.7 Å². The first-order valence-corrected chi connectivity index (χ1v) is 10.5. The molecule has 1 amide bonds. The van der Waals surface area contributed by atoms with Gasteiger partial charge in [0, 0.05) is 44.1 Å². The Morgan fingerprint density at radius 2 is 1.76 bits per heavy atom. The Morgan fingerprint density at radius 3 is 2.39 bits per heavy atom. The molecule has 1 fully saturated rings. The number of hydrogen-bond donors (Lipinski definition) is 0. The van der Waals surface area contributed by atoms with Crippen LogP contribution in [0.15, 0.2) is 53.5 Å². The van der Waals surface area contributed by atoms with Gasteiger partial charge in [-0.15, -0.1) is 0 Å². The number of halogens is 4. The summed E-state index contributed by atoms with van der Waals surface area (Å²) in [6, 6.07) is 9.51. The van der Waals surface area contributed by atoms with Crippen LogP contribution in [0.25, 0.3) is 5.69 Å². The number of aryl methyl sites for hydroxylation is 1. The second-order valence-corrected chi connectivity index (χ2v) is 7.98. The van der Waals surface area contributed by atoms with E-state index in [1.807, 2.05) is 4.90 Å². The molecular weight excluding hydrogens is 459 g/mol. The lowest BCUT2D eigenvalue weighted by Gasteiger charge is -2.35. The third-order valence-electron chi connectivity index (χ3n) is 5.35. The zero-order valence-electron chi connectivity index (χ0n) is 17.5. The number of pyridine rings is 1. The number of benzene rings is 1. The molecule has 0 unspecified atom stereocenters. The average Bonchev–Trinajstić information content (AvgIpc) is 2.79. The van der Waals surface area contributed by atoms with Gasteiger partial charge in [-0.1, -0.05) is 23.7 Å². The Labute approximate surface area is 192 Å². The van der Waals surface area contributed by atoms with E-state index in [1.165, 1.54) is 36.2 Å². The van der Waals surface area contributed by atoms with Crippen molar-refractivity contribution in [3.05, 3.63) is 80.9 Å². The van der Waals surface area contributed by atoms with Crippen molar-refractivity contribution in [1.29, 1.82) is 0 Å². The van der Waals surface area contributed by atoms with Crippen molar-refractivity contribution >= 4 is 23.3 Å². The summed E-state index contributed by atoms with van der Waals surface area (Å²) in [5.74, 6) is 0.0908. The lowest BCUT2D eigenvalue weighted by molar-refractivity contribution is -0.137. The number of carbonyl (C=O) groups is 1. The quantitative estimate of drug-likeness (QED) is 0.577. The predicted octanol–water partition coefficient (Wildman–Crippen LogP) is 3.57. The Kier molecular flexibility index (Phi) is 6.11. The van der Waals surface area contributed by atoms with Gasteiger partial charge in [0.25, 0.3) is 5.91 Å². The predicted molar refractivity (Wildman–Crippen MR) is 117 cm³/mol. The topological polar surface area (TPSA) is 71.3 Å². The number of nitrogens with zero attached hydrogens (tertiary/aromatic N) is 5. The van der Waals surface area contributed by atoms with Crippen LogP contribution in [-0.2, 0) is 6.18 Å². The van der Waals surface area contributed by atoms with Crippen LogP contribution in [-0.4, -0.2) is 51.8 Å². The van der Waals surface area contributed by atoms with E-state index in [2.05, 4.69) is 10.1 Å². The molecule has 0 radical (unpaired) electrons. The highest BCUT2D eigenvalue weighted by Crippen LogP contribution is 2.33. The minimum absolute atomic E-state index is 0.187. The van der Waals surface area contributed by atoms with Gasteiger partial charge >= 0.3 is 6.18 Å². The van der Waals surface area contributed by atoms with Crippen molar-refractivity contribution in [2.24, 2.45) is 0 Å². The maximum Gasteiger partial charge on any atom is 0.418 e. The second kappa shape index (κ2) is 8.86. The monoisotopic (exact) mass is 477 g/mol. The molecule has 0 saturated carbocycles. The van der Waals surface area contributed by atoms with Crippen LogP contribution in [0.4, 0.5) is 19.0 Å². The third-order valence-corrected chi connectivity index (χ3v) is 5.57. The lowest BCUT2D eigenvalue weighted by atomic mass is 10.1. The standard InChI is InChI=1S/C22H19ClF3N5O2/c1-14-12-18(32)20(28-31(14)17-5-3-2-4-16(17)22(24,25)26)21(33)30-10-8-29(9-11-30)19-7-6-15(23)13-27-19/h2-7,12-13H,8-11H2,1H3. The van der Waals surface area contributed by atoms with Crippen LogP contribution in [0.5, 0.6) is 0 Å². The summed E-state index contributed by atoms with van der Waals surface area (Å²) in [7, 11) is 0. The second-order valence-electron chi connectivity index (χ2n) is 7.54. The number of rotatable bonds is 3. The molecule has 1 saturated heterocycles. The first kappa shape index (κ1) is 22.8. The van der Waals surface area contributed by atoms with E-state index in [0.29, 0.717) is 37.0 Å². The molecule has 0 atom stereocenters. The average molecular weight is 478 g/mol. The van der Waals surface area contributed by atoms with Gasteiger partial charge in [-0.3, -0.25) is 9.59 Å². The zero-order valence-corrected chi connectivity index (χ0v) is 18.3. The first-order chi connectivity index (χ1) is 15.6. The van der Waals surface area contributed by atoms with Gasteiger partial charge in [0.05, 0.1) is 16.3 Å². The molecule has 0 aliphatic carbocycles. The molecule has 2 aromatic heterocycles. The fraction of sp³-hybridized carbons (Fsp3) is 0.273. The highest BCUT2D eigenvalue weighted by Gasteiger charge is 2.34. The summed E-state index contributed by atoms with van der Waals surface area (Å²) in [4.78, 5) is 33.3. The Bertz CT molecular complexity index is 1240. The van der Waals surface area contributed by atoms with E-state index in [4.69, 9.17) is 11.6 Å². The van der Waals surface area contributed by atoms with Crippen molar-refractivity contribution in [2.75, 3.05) is 31.1 Å². The molecule has 3 heterocycles. The molecule has 1 aliphatic rings. The molecule has 0 spiro atoms. The summed E-state index contributed by atoms with van der Waals surface area (Å²) >= 11 is 5.87. The van der Waals surface area contributed by atoms with Crippen molar-refractivity contribution in [1.82, 2.24) is 19.7 Å². The number of para-hydroxylation sites is 1. The Morgan fingerprint density at radius 1 is 1.06 bits per heavy atom. The van der Waals surface area contributed by atoms with Crippen molar-refractivity contribution in [3.63, 3.8) is 0 Å². The van der Waals surface area contributed by atoms with Gasteiger partial charge in [0.15, 0.2) is 5.69 Å². The lowest BCUT2D eigenvalue weighted by Crippen LogP contribution is -2.50. The SMILES string of the molecule is Cc1cc(=O)c(C(=O)N2CCN(c3ccc(Cl)cn3)CC2)nn1-c1ccccc1C(F)(F)F. The summed E-state index contributed by atoms with van der Waals surface area (Å²) in [5.41, 5.74) is -2.04. The highest BCUT2D eigenvalue weighted by molar-refractivity contribution is 6.30.